The second-order valence-electron chi connectivity index (χ2n) is 3.60. The van der Waals surface area contributed by atoms with Gasteiger partial charge in [-0.2, -0.15) is 5.10 Å². The number of ketones is 1. The van der Waals surface area contributed by atoms with Gasteiger partial charge in [-0.05, 0) is 12.0 Å². The van der Waals surface area contributed by atoms with E-state index in [0.717, 1.165) is 5.69 Å². The van der Waals surface area contributed by atoms with E-state index in [1.807, 2.05) is 4.68 Å². The molecule has 2 rings (SSSR count). The van der Waals surface area contributed by atoms with Crippen LogP contribution in [0.4, 0.5) is 0 Å². The van der Waals surface area contributed by atoms with Gasteiger partial charge in [-0.25, -0.2) is 0 Å². The molecule has 0 bridgehead atoms. The fraction of sp³-hybridized carbons (Fsp3) is 0.556. The van der Waals surface area contributed by atoms with Crippen LogP contribution in [0.25, 0.3) is 0 Å². The Morgan fingerprint density at radius 1 is 1.67 bits per heavy atom. The number of aromatic nitrogens is 2. The van der Waals surface area contributed by atoms with Crippen molar-refractivity contribution in [3.8, 4) is 0 Å². The fourth-order valence-corrected chi connectivity index (χ4v) is 1.70. The van der Waals surface area contributed by atoms with Crippen LogP contribution in [0.1, 0.15) is 36.8 Å². The molecule has 64 valence electrons. The van der Waals surface area contributed by atoms with Gasteiger partial charge in [-0.3, -0.25) is 9.48 Å². The second-order valence-corrected chi connectivity index (χ2v) is 3.60. The van der Waals surface area contributed by atoms with Gasteiger partial charge in [-0.1, -0.05) is 13.8 Å². The zero-order valence-electron chi connectivity index (χ0n) is 7.32. The van der Waals surface area contributed by atoms with E-state index in [2.05, 4.69) is 18.9 Å². The van der Waals surface area contributed by atoms with Gasteiger partial charge in [0.25, 0.3) is 0 Å². The molecule has 0 saturated carbocycles. The van der Waals surface area contributed by atoms with Gasteiger partial charge < -0.3 is 0 Å². The average molecular weight is 164 g/mol. The Labute approximate surface area is 71.4 Å². The van der Waals surface area contributed by atoms with E-state index in [4.69, 9.17) is 0 Å². The van der Waals surface area contributed by atoms with Crippen molar-refractivity contribution in [3.05, 3.63) is 18.0 Å². The van der Waals surface area contributed by atoms with Crippen LogP contribution in [0.5, 0.6) is 0 Å². The van der Waals surface area contributed by atoms with Crippen LogP contribution in [0, 0.1) is 5.92 Å². The van der Waals surface area contributed by atoms with Gasteiger partial charge in [0.15, 0.2) is 5.78 Å². The molecule has 3 heteroatoms. The third-order valence-electron chi connectivity index (χ3n) is 2.43. The lowest BCUT2D eigenvalue weighted by molar-refractivity contribution is 0.0984. The second kappa shape index (κ2) is 2.44. The number of rotatable bonds is 1. The molecule has 1 aromatic rings. The Balaban J connectivity index is 2.42. The topological polar surface area (TPSA) is 34.9 Å². The van der Waals surface area contributed by atoms with Crippen LogP contribution in [-0.2, 0) is 0 Å². The summed E-state index contributed by atoms with van der Waals surface area (Å²) in [5.41, 5.74) is 0.772. The molecule has 0 aliphatic carbocycles. The summed E-state index contributed by atoms with van der Waals surface area (Å²) in [4.78, 5) is 11.4. The summed E-state index contributed by atoms with van der Waals surface area (Å²) >= 11 is 0. The summed E-state index contributed by atoms with van der Waals surface area (Å²) in [6.07, 6.45) is 2.32. The molecule has 0 amide bonds. The monoisotopic (exact) mass is 164 g/mol. The molecule has 0 spiro atoms. The van der Waals surface area contributed by atoms with Crippen LogP contribution < -0.4 is 0 Å². The molecule has 1 aliphatic heterocycles. The lowest BCUT2D eigenvalue weighted by atomic mass is 10.0. The van der Waals surface area contributed by atoms with E-state index >= 15 is 0 Å². The third kappa shape index (κ3) is 0.891. The van der Waals surface area contributed by atoms with Crippen molar-refractivity contribution in [2.75, 3.05) is 0 Å². The molecule has 2 heterocycles. The highest BCUT2D eigenvalue weighted by Crippen LogP contribution is 2.30. The Bertz CT molecular complexity index is 314. The van der Waals surface area contributed by atoms with Gasteiger partial charge in [0.2, 0.25) is 0 Å². The largest absolute Gasteiger partial charge is 0.292 e. The lowest BCUT2D eigenvalue weighted by Gasteiger charge is -2.14. The molecule has 1 aromatic heterocycles. The molecule has 0 aromatic carbocycles. The minimum Gasteiger partial charge on any atom is -0.292 e. The zero-order chi connectivity index (χ0) is 8.72. The van der Waals surface area contributed by atoms with Crippen LogP contribution in [0.2, 0.25) is 0 Å². The highest BCUT2D eigenvalue weighted by Gasteiger charge is 2.31. The van der Waals surface area contributed by atoms with Gasteiger partial charge in [0, 0.05) is 12.6 Å². The summed E-state index contributed by atoms with van der Waals surface area (Å²) in [6.45, 7) is 4.24. The van der Waals surface area contributed by atoms with Crippen LogP contribution in [0.15, 0.2) is 12.3 Å². The first-order chi connectivity index (χ1) is 5.70. The summed E-state index contributed by atoms with van der Waals surface area (Å²) in [6, 6.07) is 2.08. The molecule has 3 nitrogen and oxygen atoms in total. The molecule has 12 heavy (non-hydrogen) atoms. The maximum atomic E-state index is 11.4. The SMILES string of the molecule is CC(C)C1CC(=O)c2ccnn21. The van der Waals surface area contributed by atoms with Gasteiger partial charge >= 0.3 is 0 Å². The number of nitrogens with zero attached hydrogens (tertiary/aromatic N) is 2. The number of carbonyl (C=O) groups is 1. The van der Waals surface area contributed by atoms with Crippen molar-refractivity contribution in [3.63, 3.8) is 0 Å². The molecular formula is C9H12N2O. The highest BCUT2D eigenvalue weighted by molar-refractivity contribution is 5.96. The quantitative estimate of drug-likeness (QED) is 0.632. The average Bonchev–Trinajstić information content (AvgIpc) is 2.53. The fourth-order valence-electron chi connectivity index (χ4n) is 1.70. The minimum absolute atomic E-state index is 0.228. The molecule has 1 atom stereocenters. The van der Waals surface area contributed by atoms with Crippen molar-refractivity contribution < 1.29 is 4.79 Å². The molecule has 0 radical (unpaired) electrons. The lowest BCUT2D eigenvalue weighted by Crippen LogP contribution is -2.11. The first kappa shape index (κ1) is 7.53. The van der Waals surface area contributed by atoms with E-state index in [1.165, 1.54) is 0 Å². The molecule has 1 unspecified atom stereocenters. The third-order valence-corrected chi connectivity index (χ3v) is 2.43. The van der Waals surface area contributed by atoms with Crippen LogP contribution >= 0.6 is 0 Å². The zero-order valence-corrected chi connectivity index (χ0v) is 7.32. The van der Waals surface area contributed by atoms with E-state index in [1.54, 1.807) is 12.3 Å². The Hall–Kier alpha value is -1.12. The highest BCUT2D eigenvalue weighted by atomic mass is 16.1. The van der Waals surface area contributed by atoms with Crippen LogP contribution in [0.3, 0.4) is 0 Å². The number of fused-ring (bicyclic) bond motifs is 1. The normalized spacial score (nSPS) is 21.9. The van der Waals surface area contributed by atoms with Crippen molar-refractivity contribution in [2.45, 2.75) is 26.3 Å². The molecule has 0 fully saturated rings. The summed E-state index contributed by atoms with van der Waals surface area (Å²) in [5, 5.41) is 4.15. The maximum absolute atomic E-state index is 11.4. The van der Waals surface area contributed by atoms with E-state index in [9.17, 15) is 4.79 Å². The Kier molecular flexibility index (Phi) is 1.53. The number of Topliss-reactive ketones (excluding diaryl/α,β-unsaturated/α-hetero) is 1. The van der Waals surface area contributed by atoms with E-state index in [0.29, 0.717) is 12.3 Å². The standard InChI is InChI=1S/C9H12N2O/c1-6(2)8-5-9(12)7-3-4-10-11(7)8/h3-4,6,8H,5H2,1-2H3. The predicted octanol–water partition coefficient (Wildman–Crippen LogP) is 1.67. The first-order valence-electron chi connectivity index (χ1n) is 4.27. The minimum atomic E-state index is 0.228. The smallest absolute Gasteiger partial charge is 0.183 e. The summed E-state index contributed by atoms with van der Waals surface area (Å²) in [5.74, 6) is 0.710. The summed E-state index contributed by atoms with van der Waals surface area (Å²) in [7, 11) is 0. The Morgan fingerprint density at radius 3 is 3.08 bits per heavy atom. The maximum Gasteiger partial charge on any atom is 0.183 e. The summed E-state index contributed by atoms with van der Waals surface area (Å²) < 4.78 is 1.85. The van der Waals surface area contributed by atoms with Crippen molar-refractivity contribution in [1.82, 2.24) is 9.78 Å². The van der Waals surface area contributed by atoms with Gasteiger partial charge in [0.05, 0.1) is 6.04 Å². The van der Waals surface area contributed by atoms with E-state index < -0.39 is 0 Å². The number of hydrogen-bond donors (Lipinski definition) is 0. The molecule has 0 N–H and O–H groups in total. The first-order valence-corrected chi connectivity index (χ1v) is 4.27. The van der Waals surface area contributed by atoms with Crippen molar-refractivity contribution in [2.24, 2.45) is 5.92 Å². The van der Waals surface area contributed by atoms with Crippen molar-refractivity contribution >= 4 is 5.78 Å². The van der Waals surface area contributed by atoms with Crippen LogP contribution in [-0.4, -0.2) is 15.6 Å². The number of carbonyl (C=O) groups excluding carboxylic acids is 1. The predicted molar refractivity (Wildman–Crippen MR) is 45.0 cm³/mol. The molecule has 1 aliphatic rings. The van der Waals surface area contributed by atoms with Gasteiger partial charge in [-0.15, -0.1) is 0 Å². The number of hydrogen-bond acceptors (Lipinski definition) is 2. The van der Waals surface area contributed by atoms with Gasteiger partial charge in [0.1, 0.15) is 5.69 Å². The molecular weight excluding hydrogens is 152 g/mol. The van der Waals surface area contributed by atoms with E-state index in [-0.39, 0.29) is 11.8 Å². The molecule has 0 saturated heterocycles. The Morgan fingerprint density at radius 2 is 2.42 bits per heavy atom. The van der Waals surface area contributed by atoms with Crippen molar-refractivity contribution in [1.29, 1.82) is 0 Å².